The molecule has 1 amide bonds. The molecule has 0 aliphatic heterocycles. The van der Waals surface area contributed by atoms with Crippen LogP contribution in [0.1, 0.15) is 67.2 Å². The number of carbonyl (C=O) groups is 2. The molecule has 6 nitrogen and oxygen atoms in total. The van der Waals surface area contributed by atoms with Crippen molar-refractivity contribution in [1.29, 1.82) is 0 Å². The van der Waals surface area contributed by atoms with E-state index in [4.69, 9.17) is 10.8 Å². The van der Waals surface area contributed by atoms with Crippen molar-refractivity contribution in [1.82, 2.24) is 5.32 Å². The normalized spacial score (nSPS) is 22.8. The van der Waals surface area contributed by atoms with Gasteiger partial charge in [0.1, 0.15) is 0 Å². The molecule has 1 aliphatic carbocycles. The van der Waals surface area contributed by atoms with Gasteiger partial charge in [0.2, 0.25) is 5.91 Å². The molecule has 0 aromatic heterocycles. The van der Waals surface area contributed by atoms with E-state index in [1.54, 1.807) is 13.8 Å². The van der Waals surface area contributed by atoms with Crippen molar-refractivity contribution in [3.05, 3.63) is 0 Å². The third kappa shape index (κ3) is 4.93. The fourth-order valence-electron chi connectivity index (χ4n) is 3.98. The summed E-state index contributed by atoms with van der Waals surface area (Å²) in [7, 11) is 0. The molecular weight excluding hydrogens is 308 g/mol. The molecule has 0 radical (unpaired) electrons. The van der Waals surface area contributed by atoms with Gasteiger partial charge >= 0.3 is 5.97 Å². The van der Waals surface area contributed by atoms with Crippen LogP contribution in [0.25, 0.3) is 0 Å². The minimum atomic E-state index is -1.12. The molecule has 0 aromatic carbocycles. The summed E-state index contributed by atoms with van der Waals surface area (Å²) in [5.41, 5.74) is 5.01. The molecule has 0 heterocycles. The van der Waals surface area contributed by atoms with E-state index in [9.17, 15) is 14.7 Å². The van der Waals surface area contributed by atoms with E-state index in [-0.39, 0.29) is 10.8 Å². The number of hydrogen-bond donors (Lipinski definition) is 4. The third-order valence-electron chi connectivity index (χ3n) is 5.77. The predicted octanol–water partition coefficient (Wildman–Crippen LogP) is 1.90. The van der Waals surface area contributed by atoms with Gasteiger partial charge in [-0.1, -0.05) is 27.7 Å². The summed E-state index contributed by atoms with van der Waals surface area (Å²) in [6.45, 7) is 12.4. The highest BCUT2D eigenvalue weighted by molar-refractivity contribution is 5.86. The van der Waals surface area contributed by atoms with Gasteiger partial charge in [0.25, 0.3) is 0 Å². The molecule has 0 saturated heterocycles. The first-order valence-electron chi connectivity index (χ1n) is 8.66. The number of hydrogen-bond acceptors (Lipinski definition) is 4. The van der Waals surface area contributed by atoms with Crippen molar-refractivity contribution < 1.29 is 19.8 Å². The van der Waals surface area contributed by atoms with Crippen molar-refractivity contribution in [3.63, 3.8) is 0 Å². The van der Waals surface area contributed by atoms with Crippen molar-refractivity contribution in [2.24, 2.45) is 22.5 Å². The predicted molar refractivity (Wildman–Crippen MR) is 93.4 cm³/mol. The Kier molecular flexibility index (Phi) is 6.10. The Balaban J connectivity index is 2.76. The van der Waals surface area contributed by atoms with E-state index in [1.807, 2.05) is 0 Å². The molecule has 1 rings (SSSR count). The molecule has 0 spiro atoms. The number of amides is 1. The number of rotatable bonds is 7. The summed E-state index contributed by atoms with van der Waals surface area (Å²) in [6, 6.07) is -1.12. The number of aliphatic carboxylic acids is 1. The summed E-state index contributed by atoms with van der Waals surface area (Å²) in [5, 5.41) is 22.2. The van der Waals surface area contributed by atoms with Gasteiger partial charge in [-0.05, 0) is 49.9 Å². The molecule has 0 bridgehead atoms. The van der Waals surface area contributed by atoms with Crippen molar-refractivity contribution in [2.45, 2.75) is 84.9 Å². The summed E-state index contributed by atoms with van der Waals surface area (Å²) in [5.74, 6) is -1.33. The Hall–Kier alpha value is -1.14. The highest BCUT2D eigenvalue weighted by Crippen LogP contribution is 2.55. The lowest BCUT2D eigenvalue weighted by molar-refractivity contribution is -0.140. The number of carbonyl (C=O) groups excluding carboxylic acids is 1. The molecule has 1 unspecified atom stereocenters. The van der Waals surface area contributed by atoms with Crippen molar-refractivity contribution in [3.8, 4) is 0 Å². The molecular formula is C18H34N2O4. The second-order valence-corrected chi connectivity index (χ2v) is 9.20. The van der Waals surface area contributed by atoms with Crippen LogP contribution in [0.15, 0.2) is 0 Å². The summed E-state index contributed by atoms with van der Waals surface area (Å²) < 4.78 is 0. The third-order valence-corrected chi connectivity index (χ3v) is 5.77. The van der Waals surface area contributed by atoms with Gasteiger partial charge in [0.05, 0.1) is 24.1 Å². The number of carboxylic acids is 1. The Morgan fingerprint density at radius 3 is 2.08 bits per heavy atom. The van der Waals surface area contributed by atoms with Crippen LogP contribution in [0, 0.1) is 16.7 Å². The zero-order valence-corrected chi connectivity index (χ0v) is 15.8. The molecule has 6 heteroatoms. The van der Waals surface area contributed by atoms with Crippen LogP contribution >= 0.6 is 0 Å². The second-order valence-electron chi connectivity index (χ2n) is 9.20. The van der Waals surface area contributed by atoms with Crippen LogP contribution in [-0.4, -0.2) is 39.8 Å². The summed E-state index contributed by atoms with van der Waals surface area (Å²) in [4.78, 5) is 22.8. The van der Waals surface area contributed by atoms with E-state index in [1.165, 1.54) is 0 Å². The lowest BCUT2D eigenvalue weighted by Crippen LogP contribution is -2.57. The van der Waals surface area contributed by atoms with Crippen LogP contribution in [0.4, 0.5) is 0 Å². The van der Waals surface area contributed by atoms with Gasteiger partial charge in [-0.15, -0.1) is 0 Å². The van der Waals surface area contributed by atoms with Crippen LogP contribution in [-0.2, 0) is 9.59 Å². The number of carboxylic acid groups (broad SMARTS) is 1. The van der Waals surface area contributed by atoms with Gasteiger partial charge in [0, 0.05) is 0 Å². The fraction of sp³-hybridized carbons (Fsp3) is 0.889. The highest BCUT2D eigenvalue weighted by atomic mass is 16.4. The van der Waals surface area contributed by atoms with E-state index in [2.05, 4.69) is 33.0 Å². The average Bonchev–Trinajstić information content (AvgIpc) is 2.60. The number of nitrogens with one attached hydrogen (secondary N) is 1. The molecule has 1 aliphatic rings. The van der Waals surface area contributed by atoms with E-state index >= 15 is 0 Å². The van der Waals surface area contributed by atoms with Gasteiger partial charge in [-0.2, -0.15) is 0 Å². The summed E-state index contributed by atoms with van der Waals surface area (Å²) in [6.07, 6.45) is 1.66. The van der Waals surface area contributed by atoms with Gasteiger partial charge in [-0.3, -0.25) is 9.59 Å². The van der Waals surface area contributed by atoms with Crippen LogP contribution < -0.4 is 11.1 Å². The van der Waals surface area contributed by atoms with Gasteiger partial charge < -0.3 is 21.3 Å². The first kappa shape index (κ1) is 20.9. The zero-order valence-electron chi connectivity index (χ0n) is 15.8. The summed E-state index contributed by atoms with van der Waals surface area (Å²) >= 11 is 0. The standard InChI is InChI=1S/C18H34N2O4/c1-16(2)7-8-17(3,4)12(16)10-13(21)18(5,6)20-15(24)11(19)9-14(22)23/h11-13,21H,7-10,19H2,1-6H3,(H,20,24)(H,22,23)/t11-,13?/m0/s1. The Morgan fingerprint density at radius 2 is 1.67 bits per heavy atom. The minimum absolute atomic E-state index is 0.143. The maximum atomic E-state index is 12.1. The molecule has 1 saturated carbocycles. The number of nitrogens with two attached hydrogens (primary N) is 1. The van der Waals surface area contributed by atoms with E-state index in [0.29, 0.717) is 12.3 Å². The smallest absolute Gasteiger partial charge is 0.305 e. The topological polar surface area (TPSA) is 113 Å². The van der Waals surface area contributed by atoms with Crippen molar-refractivity contribution >= 4 is 11.9 Å². The Bertz CT molecular complexity index is 469. The SMILES string of the molecule is CC1(C)CCC(C)(C)C1CC(O)C(C)(C)NC(=O)[C@@H](N)CC(=O)O. The van der Waals surface area contributed by atoms with Crippen molar-refractivity contribution in [2.75, 3.05) is 0 Å². The lowest BCUT2D eigenvalue weighted by atomic mass is 9.68. The highest BCUT2D eigenvalue weighted by Gasteiger charge is 2.48. The van der Waals surface area contributed by atoms with Crippen LogP contribution in [0.5, 0.6) is 0 Å². The molecule has 0 aromatic rings. The van der Waals surface area contributed by atoms with Gasteiger partial charge in [0.15, 0.2) is 0 Å². The van der Waals surface area contributed by atoms with Crippen LogP contribution in [0.2, 0.25) is 0 Å². The quantitative estimate of drug-likeness (QED) is 0.564. The number of aliphatic hydroxyl groups excluding tert-OH is 1. The zero-order chi connectivity index (χ0) is 18.9. The average molecular weight is 342 g/mol. The molecule has 1 fully saturated rings. The second kappa shape index (κ2) is 7.00. The first-order valence-corrected chi connectivity index (χ1v) is 8.66. The molecule has 5 N–H and O–H groups in total. The Labute approximate surface area is 145 Å². The van der Waals surface area contributed by atoms with Gasteiger partial charge in [-0.25, -0.2) is 0 Å². The number of aliphatic hydroxyl groups is 1. The monoisotopic (exact) mass is 342 g/mol. The van der Waals surface area contributed by atoms with E-state index < -0.39 is 36.0 Å². The maximum Gasteiger partial charge on any atom is 0.305 e. The fourth-order valence-corrected chi connectivity index (χ4v) is 3.98. The first-order chi connectivity index (χ1) is 10.7. The molecule has 24 heavy (non-hydrogen) atoms. The lowest BCUT2D eigenvalue weighted by Gasteiger charge is -2.41. The Morgan fingerprint density at radius 1 is 1.21 bits per heavy atom. The maximum absolute atomic E-state index is 12.1. The molecule has 140 valence electrons. The minimum Gasteiger partial charge on any atom is -0.481 e. The molecule has 2 atom stereocenters. The largest absolute Gasteiger partial charge is 0.481 e. The van der Waals surface area contributed by atoms with Crippen LogP contribution in [0.3, 0.4) is 0 Å². The van der Waals surface area contributed by atoms with E-state index in [0.717, 1.165) is 12.8 Å².